The van der Waals surface area contributed by atoms with Crippen molar-refractivity contribution in [1.29, 1.82) is 0 Å². The molecule has 14 heavy (non-hydrogen) atoms. The molecule has 0 aromatic heterocycles. The van der Waals surface area contributed by atoms with Crippen LogP contribution in [0.3, 0.4) is 0 Å². The van der Waals surface area contributed by atoms with E-state index in [2.05, 4.69) is 6.92 Å². The molecule has 2 nitrogen and oxygen atoms in total. The van der Waals surface area contributed by atoms with E-state index in [4.69, 9.17) is 23.1 Å². The highest BCUT2D eigenvalue weighted by atomic mass is 35.5. The molecule has 0 aliphatic rings. The molecule has 2 unspecified atom stereocenters. The van der Waals surface area contributed by atoms with Crippen LogP contribution in [0.25, 0.3) is 0 Å². The molecule has 1 rings (SSSR count). The van der Waals surface area contributed by atoms with Gasteiger partial charge in [0, 0.05) is 17.6 Å². The molecule has 2 atom stereocenters. The van der Waals surface area contributed by atoms with Crippen LogP contribution in [0, 0.1) is 0 Å². The zero-order valence-electron chi connectivity index (χ0n) is 8.41. The summed E-state index contributed by atoms with van der Waals surface area (Å²) in [4.78, 5) is 0. The smallest absolute Gasteiger partial charge is 0.0440 e. The van der Waals surface area contributed by atoms with E-state index in [-0.39, 0.29) is 6.04 Å². The van der Waals surface area contributed by atoms with E-state index in [0.717, 1.165) is 17.0 Å². The fraction of sp³-hybridized carbons (Fsp3) is 0.455. The van der Waals surface area contributed by atoms with Gasteiger partial charge in [0.05, 0.1) is 0 Å². The Balaban J connectivity index is 2.69. The van der Waals surface area contributed by atoms with E-state index in [9.17, 15) is 0 Å². The Hall–Kier alpha value is -0.570. The summed E-state index contributed by atoms with van der Waals surface area (Å²) in [6.45, 7) is 2.64. The minimum absolute atomic E-state index is 0.0567. The number of rotatable bonds is 4. The monoisotopic (exact) mass is 212 g/mol. The number of hydrogen-bond acceptors (Lipinski definition) is 2. The lowest BCUT2D eigenvalue weighted by atomic mass is 9.94. The van der Waals surface area contributed by atoms with Crippen molar-refractivity contribution >= 4 is 11.6 Å². The van der Waals surface area contributed by atoms with Crippen molar-refractivity contribution in [3.05, 3.63) is 34.9 Å². The van der Waals surface area contributed by atoms with Gasteiger partial charge in [-0.15, -0.1) is 0 Å². The lowest BCUT2D eigenvalue weighted by molar-refractivity contribution is 0.558. The first-order chi connectivity index (χ1) is 6.65. The lowest BCUT2D eigenvalue weighted by Crippen LogP contribution is -2.30. The summed E-state index contributed by atoms with van der Waals surface area (Å²) in [5.74, 6) is 0.363. The van der Waals surface area contributed by atoms with E-state index >= 15 is 0 Å². The number of halogens is 1. The van der Waals surface area contributed by atoms with Gasteiger partial charge in [-0.25, -0.2) is 0 Å². The molecule has 0 saturated carbocycles. The van der Waals surface area contributed by atoms with Crippen molar-refractivity contribution in [1.82, 2.24) is 0 Å². The third-order valence-corrected chi connectivity index (χ3v) is 2.74. The average Bonchev–Trinajstić information content (AvgIpc) is 2.18. The first kappa shape index (κ1) is 11.5. The Kier molecular flexibility index (Phi) is 4.39. The van der Waals surface area contributed by atoms with E-state index in [1.807, 2.05) is 24.3 Å². The van der Waals surface area contributed by atoms with Gasteiger partial charge < -0.3 is 11.5 Å². The Morgan fingerprint density at radius 2 is 2.00 bits per heavy atom. The summed E-state index contributed by atoms with van der Waals surface area (Å²) in [6, 6.07) is 7.92. The van der Waals surface area contributed by atoms with E-state index in [1.54, 1.807) is 0 Å². The highest BCUT2D eigenvalue weighted by Crippen LogP contribution is 2.26. The number of nitrogens with two attached hydrogens (primary N) is 2. The van der Waals surface area contributed by atoms with Gasteiger partial charge in [0.25, 0.3) is 0 Å². The first-order valence-electron chi connectivity index (χ1n) is 4.85. The predicted molar refractivity (Wildman–Crippen MR) is 61.5 cm³/mol. The molecule has 3 heteroatoms. The van der Waals surface area contributed by atoms with Crippen LogP contribution in [-0.2, 0) is 0 Å². The van der Waals surface area contributed by atoms with Crippen LogP contribution in [0.5, 0.6) is 0 Å². The SMILES string of the molecule is CC(CC(N)CN)c1ccccc1Cl. The topological polar surface area (TPSA) is 52.0 Å². The molecular formula is C11H17ClN2. The van der Waals surface area contributed by atoms with Crippen molar-refractivity contribution < 1.29 is 0 Å². The molecule has 0 aliphatic heterocycles. The van der Waals surface area contributed by atoms with Crippen LogP contribution in [0.2, 0.25) is 5.02 Å². The molecule has 0 fully saturated rings. The summed E-state index contributed by atoms with van der Waals surface area (Å²) in [7, 11) is 0. The van der Waals surface area contributed by atoms with Crippen molar-refractivity contribution in [3.63, 3.8) is 0 Å². The third kappa shape index (κ3) is 2.98. The van der Waals surface area contributed by atoms with Gasteiger partial charge in [0.2, 0.25) is 0 Å². The van der Waals surface area contributed by atoms with Gasteiger partial charge in [0.15, 0.2) is 0 Å². The van der Waals surface area contributed by atoms with E-state index < -0.39 is 0 Å². The second-order valence-electron chi connectivity index (χ2n) is 3.65. The molecule has 0 spiro atoms. The Bertz CT molecular complexity index is 288. The molecule has 0 aliphatic carbocycles. The predicted octanol–water partition coefficient (Wildman–Crippen LogP) is 2.12. The minimum Gasteiger partial charge on any atom is -0.329 e. The van der Waals surface area contributed by atoms with Crippen LogP contribution in [0.15, 0.2) is 24.3 Å². The number of benzene rings is 1. The van der Waals surface area contributed by atoms with E-state index in [0.29, 0.717) is 12.5 Å². The standard InChI is InChI=1S/C11H17ClN2/c1-8(6-9(14)7-13)10-4-2-3-5-11(10)12/h2-5,8-9H,6-7,13-14H2,1H3. The van der Waals surface area contributed by atoms with Gasteiger partial charge in [0.1, 0.15) is 0 Å². The van der Waals surface area contributed by atoms with Gasteiger partial charge in [-0.3, -0.25) is 0 Å². The maximum atomic E-state index is 6.07. The largest absolute Gasteiger partial charge is 0.329 e. The normalized spacial score (nSPS) is 15.1. The Morgan fingerprint density at radius 3 is 2.57 bits per heavy atom. The van der Waals surface area contributed by atoms with E-state index in [1.165, 1.54) is 0 Å². The van der Waals surface area contributed by atoms with Crippen LogP contribution in [-0.4, -0.2) is 12.6 Å². The molecule has 0 amide bonds. The summed E-state index contributed by atoms with van der Waals surface area (Å²) in [5.41, 5.74) is 12.4. The minimum atomic E-state index is 0.0567. The van der Waals surface area contributed by atoms with Crippen LogP contribution >= 0.6 is 11.6 Å². The summed E-state index contributed by atoms with van der Waals surface area (Å²) >= 11 is 6.07. The molecule has 0 heterocycles. The zero-order chi connectivity index (χ0) is 10.6. The molecule has 0 saturated heterocycles. The second kappa shape index (κ2) is 5.35. The number of hydrogen-bond donors (Lipinski definition) is 2. The van der Waals surface area contributed by atoms with Gasteiger partial charge in [-0.1, -0.05) is 36.7 Å². The molecule has 4 N–H and O–H groups in total. The third-order valence-electron chi connectivity index (χ3n) is 2.40. The molecule has 0 bridgehead atoms. The molecule has 1 aromatic rings. The van der Waals surface area contributed by atoms with Crippen LogP contribution in [0.4, 0.5) is 0 Å². The summed E-state index contributed by atoms with van der Waals surface area (Å²) in [6.07, 6.45) is 0.875. The summed E-state index contributed by atoms with van der Waals surface area (Å²) < 4.78 is 0. The Labute approximate surface area is 90.2 Å². The van der Waals surface area contributed by atoms with Crippen LogP contribution < -0.4 is 11.5 Å². The molecular weight excluding hydrogens is 196 g/mol. The van der Waals surface area contributed by atoms with Gasteiger partial charge in [-0.2, -0.15) is 0 Å². The summed E-state index contributed by atoms with van der Waals surface area (Å²) in [5, 5.41) is 0.809. The quantitative estimate of drug-likeness (QED) is 0.804. The molecule has 1 aromatic carbocycles. The zero-order valence-corrected chi connectivity index (χ0v) is 9.17. The average molecular weight is 213 g/mol. The Morgan fingerprint density at radius 1 is 1.36 bits per heavy atom. The fourth-order valence-electron chi connectivity index (χ4n) is 1.55. The van der Waals surface area contributed by atoms with Crippen molar-refractivity contribution in [3.8, 4) is 0 Å². The molecule has 0 radical (unpaired) electrons. The fourth-order valence-corrected chi connectivity index (χ4v) is 1.87. The van der Waals surface area contributed by atoms with Gasteiger partial charge >= 0.3 is 0 Å². The molecule has 78 valence electrons. The van der Waals surface area contributed by atoms with Crippen molar-refractivity contribution in [2.45, 2.75) is 25.3 Å². The highest BCUT2D eigenvalue weighted by Gasteiger charge is 2.12. The van der Waals surface area contributed by atoms with Gasteiger partial charge in [-0.05, 0) is 24.0 Å². The lowest BCUT2D eigenvalue weighted by Gasteiger charge is -2.17. The van der Waals surface area contributed by atoms with Crippen molar-refractivity contribution in [2.24, 2.45) is 11.5 Å². The maximum Gasteiger partial charge on any atom is 0.0440 e. The van der Waals surface area contributed by atoms with Crippen molar-refractivity contribution in [2.75, 3.05) is 6.54 Å². The highest BCUT2D eigenvalue weighted by molar-refractivity contribution is 6.31. The van der Waals surface area contributed by atoms with Crippen LogP contribution in [0.1, 0.15) is 24.8 Å². The first-order valence-corrected chi connectivity index (χ1v) is 5.23. The maximum absolute atomic E-state index is 6.07. The second-order valence-corrected chi connectivity index (χ2v) is 4.06.